The summed E-state index contributed by atoms with van der Waals surface area (Å²) in [6.07, 6.45) is 3.87. The number of nitrogens with zero attached hydrogens (tertiary/aromatic N) is 2. The standard InChI is InChI=1S/C23H21N3O2/c1-15(21-13-17-7-5-6-10-20(17)28-21)25-23(27)19-14-24-26(22(19)16-11-12-16)18-8-3-2-4-9-18/h2-10,13-16H,11-12H2,1H3,(H,25,27). The molecule has 5 heteroatoms. The molecule has 5 rings (SSSR count). The summed E-state index contributed by atoms with van der Waals surface area (Å²) in [6.45, 7) is 1.94. The van der Waals surface area contributed by atoms with Crippen LogP contribution in [0, 0.1) is 0 Å². The second kappa shape index (κ2) is 6.68. The van der Waals surface area contributed by atoms with Crippen LogP contribution in [0.25, 0.3) is 16.7 Å². The van der Waals surface area contributed by atoms with Crippen LogP contribution in [0.3, 0.4) is 0 Å². The van der Waals surface area contributed by atoms with Crippen LogP contribution >= 0.6 is 0 Å². The van der Waals surface area contributed by atoms with Gasteiger partial charge in [-0.15, -0.1) is 0 Å². The third kappa shape index (κ3) is 2.99. The molecule has 1 fully saturated rings. The van der Waals surface area contributed by atoms with Gasteiger partial charge in [-0.1, -0.05) is 36.4 Å². The van der Waals surface area contributed by atoms with Gasteiger partial charge in [0.25, 0.3) is 5.91 Å². The number of rotatable bonds is 5. The topological polar surface area (TPSA) is 60.1 Å². The number of hydrogen-bond acceptors (Lipinski definition) is 3. The molecule has 1 aliphatic rings. The van der Waals surface area contributed by atoms with Crippen molar-refractivity contribution in [2.24, 2.45) is 0 Å². The molecule has 0 spiro atoms. The van der Waals surface area contributed by atoms with E-state index < -0.39 is 0 Å². The number of carbonyl (C=O) groups is 1. The van der Waals surface area contributed by atoms with Crippen molar-refractivity contribution < 1.29 is 9.21 Å². The molecule has 0 aliphatic heterocycles. The first-order valence-electron chi connectivity index (χ1n) is 9.63. The SMILES string of the molecule is CC(NC(=O)c1cnn(-c2ccccc2)c1C1CC1)c1cc2ccccc2o1. The van der Waals surface area contributed by atoms with Crippen LogP contribution in [0.2, 0.25) is 0 Å². The van der Waals surface area contributed by atoms with E-state index in [1.54, 1.807) is 6.20 Å². The molecular formula is C23H21N3O2. The third-order valence-electron chi connectivity index (χ3n) is 5.23. The van der Waals surface area contributed by atoms with Gasteiger partial charge in [0.05, 0.1) is 29.2 Å². The Morgan fingerprint density at radius 3 is 2.64 bits per heavy atom. The van der Waals surface area contributed by atoms with Crippen molar-refractivity contribution >= 4 is 16.9 Å². The first-order valence-corrected chi connectivity index (χ1v) is 9.63. The average molecular weight is 371 g/mol. The van der Waals surface area contributed by atoms with Gasteiger partial charge in [0, 0.05) is 11.3 Å². The molecule has 1 aliphatic carbocycles. The predicted octanol–water partition coefficient (Wildman–Crippen LogP) is 4.99. The highest BCUT2D eigenvalue weighted by Gasteiger charge is 2.33. The number of benzene rings is 2. The fourth-order valence-corrected chi connectivity index (χ4v) is 3.62. The molecule has 1 unspecified atom stereocenters. The zero-order chi connectivity index (χ0) is 19.1. The van der Waals surface area contributed by atoms with Crippen molar-refractivity contribution in [2.75, 3.05) is 0 Å². The molecule has 2 heterocycles. The molecule has 2 aromatic heterocycles. The van der Waals surface area contributed by atoms with Gasteiger partial charge in [-0.05, 0) is 44.0 Å². The summed E-state index contributed by atoms with van der Waals surface area (Å²) >= 11 is 0. The van der Waals surface area contributed by atoms with Gasteiger partial charge in [-0.25, -0.2) is 4.68 Å². The zero-order valence-corrected chi connectivity index (χ0v) is 15.6. The van der Waals surface area contributed by atoms with Gasteiger partial charge in [0.15, 0.2) is 0 Å². The highest BCUT2D eigenvalue weighted by atomic mass is 16.3. The molecule has 0 bridgehead atoms. The Hall–Kier alpha value is -3.34. The smallest absolute Gasteiger partial charge is 0.255 e. The summed E-state index contributed by atoms with van der Waals surface area (Å²) in [5.41, 5.74) is 3.46. The molecule has 1 saturated carbocycles. The quantitative estimate of drug-likeness (QED) is 0.538. The minimum Gasteiger partial charge on any atom is -0.459 e. The normalized spacial score (nSPS) is 14.9. The Morgan fingerprint density at radius 1 is 1.14 bits per heavy atom. The molecule has 1 N–H and O–H groups in total. The lowest BCUT2D eigenvalue weighted by Crippen LogP contribution is -2.27. The van der Waals surface area contributed by atoms with Crippen LogP contribution in [0.15, 0.2) is 71.3 Å². The molecule has 0 saturated heterocycles. The number of fused-ring (bicyclic) bond motifs is 1. The Balaban J connectivity index is 1.43. The van der Waals surface area contributed by atoms with Gasteiger partial charge in [-0.2, -0.15) is 5.10 Å². The molecule has 0 radical (unpaired) electrons. The van der Waals surface area contributed by atoms with Gasteiger partial charge >= 0.3 is 0 Å². The van der Waals surface area contributed by atoms with Crippen molar-refractivity contribution in [3.05, 3.63) is 83.9 Å². The van der Waals surface area contributed by atoms with E-state index >= 15 is 0 Å². The fourth-order valence-electron chi connectivity index (χ4n) is 3.62. The van der Waals surface area contributed by atoms with Crippen LogP contribution in [-0.4, -0.2) is 15.7 Å². The number of nitrogens with one attached hydrogen (secondary N) is 1. The summed E-state index contributed by atoms with van der Waals surface area (Å²) in [7, 11) is 0. The van der Waals surface area contributed by atoms with E-state index in [1.807, 2.05) is 72.3 Å². The Kier molecular flexibility index (Phi) is 4.01. The lowest BCUT2D eigenvalue weighted by atomic mass is 10.1. The maximum absolute atomic E-state index is 13.0. The highest BCUT2D eigenvalue weighted by Crippen LogP contribution is 2.42. The molecule has 2 aromatic carbocycles. The number of aromatic nitrogens is 2. The van der Waals surface area contributed by atoms with E-state index in [0.717, 1.165) is 41.0 Å². The number of hydrogen-bond donors (Lipinski definition) is 1. The summed E-state index contributed by atoms with van der Waals surface area (Å²) in [6, 6.07) is 19.6. The van der Waals surface area contributed by atoms with Gasteiger partial charge < -0.3 is 9.73 Å². The van der Waals surface area contributed by atoms with Crippen molar-refractivity contribution in [3.63, 3.8) is 0 Å². The van der Waals surface area contributed by atoms with Gasteiger partial charge in [0.1, 0.15) is 11.3 Å². The zero-order valence-electron chi connectivity index (χ0n) is 15.6. The van der Waals surface area contributed by atoms with Crippen molar-refractivity contribution in [2.45, 2.75) is 31.7 Å². The Morgan fingerprint density at radius 2 is 1.89 bits per heavy atom. The van der Waals surface area contributed by atoms with E-state index in [4.69, 9.17) is 4.42 Å². The minimum atomic E-state index is -0.230. The predicted molar refractivity (Wildman–Crippen MR) is 108 cm³/mol. The van der Waals surface area contributed by atoms with Crippen LogP contribution < -0.4 is 5.32 Å². The first-order chi connectivity index (χ1) is 13.7. The van der Waals surface area contributed by atoms with Gasteiger partial charge in [0.2, 0.25) is 0 Å². The Bertz CT molecular complexity index is 1110. The monoisotopic (exact) mass is 371 g/mol. The largest absolute Gasteiger partial charge is 0.459 e. The molecule has 1 atom stereocenters. The summed E-state index contributed by atoms with van der Waals surface area (Å²) < 4.78 is 7.80. The molecule has 140 valence electrons. The van der Waals surface area contributed by atoms with E-state index in [-0.39, 0.29) is 11.9 Å². The summed E-state index contributed by atoms with van der Waals surface area (Å²) in [4.78, 5) is 13.0. The van der Waals surface area contributed by atoms with E-state index in [2.05, 4.69) is 10.4 Å². The number of furan rings is 1. The highest BCUT2D eigenvalue weighted by molar-refractivity contribution is 5.96. The van der Waals surface area contributed by atoms with Crippen molar-refractivity contribution in [3.8, 4) is 5.69 Å². The Labute approximate surface area is 163 Å². The third-order valence-corrected chi connectivity index (χ3v) is 5.23. The van der Waals surface area contributed by atoms with Crippen LogP contribution in [0.4, 0.5) is 0 Å². The fraction of sp³-hybridized carbons (Fsp3) is 0.217. The second-order valence-corrected chi connectivity index (χ2v) is 7.35. The molecule has 4 aromatic rings. The maximum Gasteiger partial charge on any atom is 0.255 e. The van der Waals surface area contributed by atoms with Crippen molar-refractivity contribution in [1.82, 2.24) is 15.1 Å². The minimum absolute atomic E-state index is 0.114. The van der Waals surface area contributed by atoms with Crippen LogP contribution in [0.5, 0.6) is 0 Å². The van der Waals surface area contributed by atoms with E-state index in [1.165, 1.54) is 0 Å². The maximum atomic E-state index is 13.0. The average Bonchev–Trinajstić information content (AvgIpc) is 3.30. The van der Waals surface area contributed by atoms with E-state index in [9.17, 15) is 4.79 Å². The van der Waals surface area contributed by atoms with Crippen molar-refractivity contribution in [1.29, 1.82) is 0 Å². The molecular weight excluding hydrogens is 350 g/mol. The summed E-state index contributed by atoms with van der Waals surface area (Å²) in [5.74, 6) is 1.03. The number of para-hydroxylation sites is 2. The first kappa shape index (κ1) is 16.8. The van der Waals surface area contributed by atoms with Gasteiger partial charge in [-0.3, -0.25) is 4.79 Å². The molecule has 1 amide bonds. The summed E-state index contributed by atoms with van der Waals surface area (Å²) in [5, 5.41) is 8.63. The molecule has 28 heavy (non-hydrogen) atoms. The van der Waals surface area contributed by atoms with Crippen LogP contribution in [-0.2, 0) is 0 Å². The van der Waals surface area contributed by atoms with Crippen LogP contribution in [0.1, 0.15) is 53.5 Å². The number of carbonyl (C=O) groups excluding carboxylic acids is 1. The number of amides is 1. The lowest BCUT2D eigenvalue weighted by molar-refractivity contribution is 0.0934. The van der Waals surface area contributed by atoms with E-state index in [0.29, 0.717) is 11.5 Å². The lowest BCUT2D eigenvalue weighted by Gasteiger charge is -2.13. The second-order valence-electron chi connectivity index (χ2n) is 7.35. The molecule has 5 nitrogen and oxygen atoms in total.